The molecule has 2 aromatic rings. The van der Waals surface area contributed by atoms with E-state index in [1.54, 1.807) is 14.2 Å². The Labute approximate surface area is 115 Å². The van der Waals surface area contributed by atoms with Gasteiger partial charge in [-0.25, -0.2) is 0 Å². The average Bonchev–Trinajstić information content (AvgIpc) is 2.38. The third-order valence-electron chi connectivity index (χ3n) is 2.57. The fraction of sp³-hybridized carbons (Fsp3) is 0.143. The quantitative estimate of drug-likeness (QED) is 0.787. The van der Waals surface area contributed by atoms with Gasteiger partial charge in [-0.05, 0) is 40.8 Å². The molecule has 0 unspecified atom stereocenters. The summed E-state index contributed by atoms with van der Waals surface area (Å²) in [6.45, 7) is 0. The first kappa shape index (κ1) is 12.2. The Morgan fingerprint density at radius 3 is 2.18 bits per heavy atom. The van der Waals surface area contributed by atoms with E-state index < -0.39 is 0 Å². The van der Waals surface area contributed by atoms with Gasteiger partial charge in [0.1, 0.15) is 11.5 Å². The van der Waals surface area contributed by atoms with Gasteiger partial charge >= 0.3 is 0 Å². The van der Waals surface area contributed by atoms with Crippen molar-refractivity contribution in [3.05, 3.63) is 46.0 Å². The van der Waals surface area contributed by atoms with Crippen LogP contribution in [0.25, 0.3) is 11.1 Å². The highest BCUT2D eigenvalue weighted by molar-refractivity contribution is 14.1. The van der Waals surface area contributed by atoms with Crippen molar-refractivity contribution in [3.8, 4) is 22.6 Å². The highest BCUT2D eigenvalue weighted by Crippen LogP contribution is 2.39. The molecule has 17 heavy (non-hydrogen) atoms. The SMILES string of the molecule is COc1ccccc1-c1c(I)cccc1OC. The van der Waals surface area contributed by atoms with E-state index in [1.807, 2.05) is 36.4 Å². The van der Waals surface area contributed by atoms with Crippen molar-refractivity contribution in [2.24, 2.45) is 0 Å². The highest BCUT2D eigenvalue weighted by Gasteiger charge is 2.13. The largest absolute Gasteiger partial charge is 0.496 e. The molecule has 0 N–H and O–H groups in total. The number of methoxy groups -OCH3 is 2. The Balaban J connectivity index is 2.67. The lowest BCUT2D eigenvalue weighted by molar-refractivity contribution is 0.410. The second-order valence-corrected chi connectivity index (χ2v) is 4.68. The molecule has 0 aliphatic rings. The maximum atomic E-state index is 5.42. The van der Waals surface area contributed by atoms with E-state index in [-0.39, 0.29) is 0 Å². The average molecular weight is 340 g/mol. The van der Waals surface area contributed by atoms with Crippen LogP contribution in [0, 0.1) is 3.57 Å². The number of hydrogen-bond donors (Lipinski definition) is 0. The number of para-hydroxylation sites is 1. The summed E-state index contributed by atoms with van der Waals surface area (Å²) in [5.74, 6) is 1.72. The van der Waals surface area contributed by atoms with Crippen molar-refractivity contribution in [2.45, 2.75) is 0 Å². The van der Waals surface area contributed by atoms with E-state index in [2.05, 4.69) is 28.7 Å². The number of halogens is 1. The lowest BCUT2D eigenvalue weighted by Gasteiger charge is -2.13. The third-order valence-corrected chi connectivity index (χ3v) is 3.47. The minimum Gasteiger partial charge on any atom is -0.496 e. The van der Waals surface area contributed by atoms with Crippen LogP contribution in [0.4, 0.5) is 0 Å². The van der Waals surface area contributed by atoms with Gasteiger partial charge in [-0.2, -0.15) is 0 Å². The van der Waals surface area contributed by atoms with Gasteiger partial charge in [0.05, 0.1) is 14.2 Å². The van der Waals surface area contributed by atoms with Crippen molar-refractivity contribution < 1.29 is 9.47 Å². The van der Waals surface area contributed by atoms with Crippen LogP contribution in [0.1, 0.15) is 0 Å². The van der Waals surface area contributed by atoms with Gasteiger partial charge in [-0.1, -0.05) is 24.3 Å². The first-order valence-corrected chi connectivity index (χ1v) is 6.31. The van der Waals surface area contributed by atoms with Crippen molar-refractivity contribution in [1.29, 1.82) is 0 Å². The van der Waals surface area contributed by atoms with Gasteiger partial charge < -0.3 is 9.47 Å². The summed E-state index contributed by atoms with van der Waals surface area (Å²) >= 11 is 2.31. The molecule has 2 nitrogen and oxygen atoms in total. The molecule has 0 saturated carbocycles. The van der Waals surface area contributed by atoms with Gasteiger partial charge in [0.25, 0.3) is 0 Å². The Morgan fingerprint density at radius 1 is 0.824 bits per heavy atom. The normalized spacial score (nSPS) is 10.1. The molecule has 2 aromatic carbocycles. The Morgan fingerprint density at radius 2 is 1.47 bits per heavy atom. The van der Waals surface area contributed by atoms with Crippen LogP contribution < -0.4 is 9.47 Å². The van der Waals surface area contributed by atoms with Crippen molar-refractivity contribution >= 4 is 22.6 Å². The number of benzene rings is 2. The van der Waals surface area contributed by atoms with Gasteiger partial charge in [-0.3, -0.25) is 0 Å². The summed E-state index contributed by atoms with van der Waals surface area (Å²) < 4.78 is 12.0. The maximum Gasteiger partial charge on any atom is 0.127 e. The van der Waals surface area contributed by atoms with Crippen LogP contribution in [0.2, 0.25) is 0 Å². The summed E-state index contributed by atoms with van der Waals surface area (Å²) in [6, 6.07) is 14.0. The summed E-state index contributed by atoms with van der Waals surface area (Å²) in [4.78, 5) is 0. The number of rotatable bonds is 3. The van der Waals surface area contributed by atoms with E-state index in [1.165, 1.54) is 0 Å². The van der Waals surface area contributed by atoms with E-state index in [0.29, 0.717) is 0 Å². The van der Waals surface area contributed by atoms with Gasteiger partial charge in [0.2, 0.25) is 0 Å². The molecule has 0 saturated heterocycles. The van der Waals surface area contributed by atoms with Gasteiger partial charge in [0, 0.05) is 14.7 Å². The lowest BCUT2D eigenvalue weighted by atomic mass is 10.0. The molecule has 0 spiro atoms. The van der Waals surface area contributed by atoms with Crippen LogP contribution >= 0.6 is 22.6 Å². The van der Waals surface area contributed by atoms with E-state index in [4.69, 9.17) is 9.47 Å². The predicted molar refractivity (Wildman–Crippen MR) is 77.7 cm³/mol. The molecule has 0 bridgehead atoms. The molecule has 0 aliphatic carbocycles. The Bertz CT molecular complexity index is 523. The minimum absolute atomic E-state index is 0.856. The topological polar surface area (TPSA) is 18.5 Å². The fourth-order valence-electron chi connectivity index (χ4n) is 1.79. The molecule has 0 aliphatic heterocycles. The van der Waals surface area contributed by atoms with E-state index >= 15 is 0 Å². The monoisotopic (exact) mass is 340 g/mol. The van der Waals surface area contributed by atoms with Crippen molar-refractivity contribution in [1.82, 2.24) is 0 Å². The maximum absolute atomic E-state index is 5.42. The van der Waals surface area contributed by atoms with Crippen LogP contribution in [0.5, 0.6) is 11.5 Å². The first-order valence-electron chi connectivity index (χ1n) is 5.24. The van der Waals surface area contributed by atoms with Crippen molar-refractivity contribution in [3.63, 3.8) is 0 Å². The summed E-state index contributed by atoms with van der Waals surface area (Å²) in [5, 5.41) is 0. The van der Waals surface area contributed by atoms with E-state index in [9.17, 15) is 0 Å². The van der Waals surface area contributed by atoms with Gasteiger partial charge in [-0.15, -0.1) is 0 Å². The summed E-state index contributed by atoms with van der Waals surface area (Å²) in [7, 11) is 3.37. The van der Waals surface area contributed by atoms with Crippen LogP contribution in [-0.2, 0) is 0 Å². The molecule has 88 valence electrons. The molecule has 2 rings (SSSR count). The number of ether oxygens (including phenoxy) is 2. The fourth-order valence-corrected chi connectivity index (χ4v) is 2.55. The van der Waals surface area contributed by atoms with Crippen LogP contribution in [0.15, 0.2) is 42.5 Å². The molecule has 0 fully saturated rings. The predicted octanol–water partition coefficient (Wildman–Crippen LogP) is 3.98. The second kappa shape index (κ2) is 5.40. The smallest absolute Gasteiger partial charge is 0.127 e. The molecule has 0 atom stereocenters. The van der Waals surface area contributed by atoms with Crippen molar-refractivity contribution in [2.75, 3.05) is 14.2 Å². The molecular formula is C14H13IO2. The summed E-state index contributed by atoms with van der Waals surface area (Å²) in [6.07, 6.45) is 0. The highest BCUT2D eigenvalue weighted by atomic mass is 127. The van der Waals surface area contributed by atoms with Gasteiger partial charge in [0.15, 0.2) is 0 Å². The second-order valence-electron chi connectivity index (χ2n) is 3.52. The first-order chi connectivity index (χ1) is 8.27. The zero-order valence-corrected chi connectivity index (χ0v) is 11.9. The molecular weight excluding hydrogens is 327 g/mol. The molecule has 3 heteroatoms. The molecule has 0 aromatic heterocycles. The zero-order chi connectivity index (χ0) is 12.3. The third kappa shape index (κ3) is 2.39. The zero-order valence-electron chi connectivity index (χ0n) is 9.74. The van der Waals surface area contributed by atoms with E-state index in [0.717, 1.165) is 26.2 Å². The van der Waals surface area contributed by atoms with Crippen LogP contribution in [0.3, 0.4) is 0 Å². The number of hydrogen-bond acceptors (Lipinski definition) is 2. The lowest BCUT2D eigenvalue weighted by Crippen LogP contribution is -1.93. The molecule has 0 heterocycles. The molecule has 0 radical (unpaired) electrons. The Kier molecular flexibility index (Phi) is 3.89. The molecule has 0 amide bonds. The minimum atomic E-state index is 0.856. The summed E-state index contributed by atoms with van der Waals surface area (Å²) in [5.41, 5.74) is 2.13. The Hall–Kier alpha value is -1.23. The standard InChI is InChI=1S/C14H13IO2/c1-16-12-8-4-3-6-10(12)14-11(15)7-5-9-13(14)17-2/h3-9H,1-2H3. The van der Waals surface area contributed by atoms with Crippen LogP contribution in [-0.4, -0.2) is 14.2 Å².